The van der Waals surface area contributed by atoms with Crippen LogP contribution in [0, 0.1) is 0 Å². The molecule has 7 heteroatoms. The minimum Gasteiger partial charge on any atom is -0.354 e. The quantitative estimate of drug-likeness (QED) is 0.690. The summed E-state index contributed by atoms with van der Waals surface area (Å²) in [6, 6.07) is 10.8. The van der Waals surface area contributed by atoms with E-state index < -0.39 is 0 Å². The average molecular weight is 442 g/mol. The molecular formula is C24H28ClN3O3. The highest BCUT2D eigenvalue weighted by Gasteiger charge is 2.45. The van der Waals surface area contributed by atoms with Crippen molar-refractivity contribution in [3.63, 3.8) is 0 Å². The molecule has 1 heterocycles. The smallest absolute Gasteiger partial charge is 0.252 e. The Bertz CT molecular complexity index is 1020. The first-order chi connectivity index (χ1) is 15.0. The maximum absolute atomic E-state index is 12.6. The summed E-state index contributed by atoms with van der Waals surface area (Å²) in [6.45, 7) is 0.355. The van der Waals surface area contributed by atoms with Crippen LogP contribution in [-0.4, -0.2) is 29.0 Å². The molecule has 0 radical (unpaired) electrons. The summed E-state index contributed by atoms with van der Waals surface area (Å²) < 4.78 is 1.29. The number of nitrogens with zero attached hydrogens (tertiary/aromatic N) is 1. The molecule has 1 aromatic carbocycles. The van der Waals surface area contributed by atoms with Crippen molar-refractivity contribution in [2.45, 2.75) is 62.9 Å². The highest BCUT2D eigenvalue weighted by atomic mass is 35.5. The molecule has 0 aliphatic heterocycles. The molecule has 0 saturated heterocycles. The van der Waals surface area contributed by atoms with Gasteiger partial charge in [-0.1, -0.05) is 49.1 Å². The average Bonchev–Trinajstić information content (AvgIpc) is 3.56. The number of aromatic nitrogens is 1. The number of hydrogen-bond donors (Lipinski definition) is 2. The molecule has 2 amide bonds. The predicted molar refractivity (Wildman–Crippen MR) is 120 cm³/mol. The van der Waals surface area contributed by atoms with Crippen molar-refractivity contribution in [2.24, 2.45) is 0 Å². The zero-order chi connectivity index (χ0) is 21.8. The lowest BCUT2D eigenvalue weighted by molar-refractivity contribution is -0.121. The van der Waals surface area contributed by atoms with Gasteiger partial charge in [0.25, 0.3) is 11.5 Å². The molecule has 0 unspecified atom stereocenters. The zero-order valence-electron chi connectivity index (χ0n) is 17.5. The Morgan fingerprint density at radius 3 is 2.52 bits per heavy atom. The van der Waals surface area contributed by atoms with Crippen LogP contribution >= 0.6 is 11.6 Å². The number of pyridine rings is 1. The Morgan fingerprint density at radius 1 is 1.06 bits per heavy atom. The predicted octanol–water partition coefficient (Wildman–Crippen LogP) is 3.41. The fourth-order valence-electron chi connectivity index (χ4n) is 4.37. The molecule has 164 valence electrons. The van der Waals surface area contributed by atoms with Gasteiger partial charge < -0.3 is 15.2 Å². The highest BCUT2D eigenvalue weighted by molar-refractivity contribution is 6.31. The first-order valence-electron chi connectivity index (χ1n) is 11.0. The van der Waals surface area contributed by atoms with Crippen LogP contribution in [0.15, 0.2) is 47.4 Å². The van der Waals surface area contributed by atoms with Gasteiger partial charge in [0, 0.05) is 35.3 Å². The van der Waals surface area contributed by atoms with Crippen LogP contribution in [0.1, 0.15) is 60.9 Å². The standard InChI is InChI=1S/C24H28ClN3O3/c25-20-9-5-4-8-19(20)24(12-13-24)16-26-21(29)15-28-14-17(10-11-22(28)30)23(31)27-18-6-2-1-3-7-18/h4-5,8-11,14,18H,1-3,6-7,12-13,15-16H2,(H,26,29)(H,27,31). The lowest BCUT2D eigenvalue weighted by Crippen LogP contribution is -2.38. The number of benzene rings is 1. The SMILES string of the molecule is O=C(Cn1cc(C(=O)NC2CCCCC2)ccc1=O)NCC1(c2ccccc2Cl)CC1. The van der Waals surface area contributed by atoms with Gasteiger partial charge in [0.2, 0.25) is 5.91 Å². The van der Waals surface area contributed by atoms with Crippen molar-refractivity contribution in [1.29, 1.82) is 0 Å². The molecular weight excluding hydrogens is 414 g/mol. The van der Waals surface area contributed by atoms with E-state index in [4.69, 9.17) is 11.6 Å². The molecule has 0 spiro atoms. The fourth-order valence-corrected chi connectivity index (χ4v) is 4.70. The maximum atomic E-state index is 12.6. The Labute approximate surface area is 187 Å². The molecule has 2 fully saturated rings. The monoisotopic (exact) mass is 441 g/mol. The van der Waals surface area contributed by atoms with E-state index in [1.54, 1.807) is 0 Å². The number of rotatable bonds is 7. The van der Waals surface area contributed by atoms with Gasteiger partial charge in [-0.15, -0.1) is 0 Å². The second kappa shape index (κ2) is 9.27. The summed E-state index contributed by atoms with van der Waals surface area (Å²) in [5.41, 5.74) is 1.01. The molecule has 2 aromatic rings. The molecule has 0 atom stereocenters. The topological polar surface area (TPSA) is 80.2 Å². The largest absolute Gasteiger partial charge is 0.354 e. The van der Waals surface area contributed by atoms with Crippen LogP contribution in [0.4, 0.5) is 0 Å². The second-order valence-electron chi connectivity index (χ2n) is 8.73. The summed E-state index contributed by atoms with van der Waals surface area (Å²) >= 11 is 6.34. The van der Waals surface area contributed by atoms with Crippen molar-refractivity contribution >= 4 is 23.4 Å². The molecule has 2 aliphatic rings. The van der Waals surface area contributed by atoms with Gasteiger partial charge in [0.15, 0.2) is 0 Å². The first-order valence-corrected chi connectivity index (χ1v) is 11.4. The second-order valence-corrected chi connectivity index (χ2v) is 9.14. The molecule has 2 aliphatic carbocycles. The van der Waals surface area contributed by atoms with Gasteiger partial charge in [-0.05, 0) is 43.4 Å². The van der Waals surface area contributed by atoms with Crippen LogP contribution in [0.25, 0.3) is 0 Å². The van der Waals surface area contributed by atoms with E-state index in [1.807, 2.05) is 24.3 Å². The summed E-state index contributed by atoms with van der Waals surface area (Å²) in [5, 5.41) is 6.70. The van der Waals surface area contributed by atoms with Crippen LogP contribution in [0.2, 0.25) is 5.02 Å². The van der Waals surface area contributed by atoms with Gasteiger partial charge in [-0.25, -0.2) is 0 Å². The first kappa shape index (κ1) is 21.6. The molecule has 1 aromatic heterocycles. The molecule has 2 saturated carbocycles. The maximum Gasteiger partial charge on any atom is 0.252 e. The number of hydrogen-bond acceptors (Lipinski definition) is 3. The number of carbonyl (C=O) groups is 2. The van der Waals surface area contributed by atoms with Crippen molar-refractivity contribution in [1.82, 2.24) is 15.2 Å². The Hall–Kier alpha value is -2.60. The number of nitrogens with one attached hydrogen (secondary N) is 2. The Kier molecular flexibility index (Phi) is 6.46. The number of carbonyl (C=O) groups excluding carboxylic acids is 2. The van der Waals surface area contributed by atoms with Crippen LogP contribution < -0.4 is 16.2 Å². The van der Waals surface area contributed by atoms with E-state index in [9.17, 15) is 14.4 Å². The zero-order valence-corrected chi connectivity index (χ0v) is 18.3. The van der Waals surface area contributed by atoms with Crippen LogP contribution in [0.5, 0.6) is 0 Å². The highest BCUT2D eigenvalue weighted by Crippen LogP contribution is 2.49. The normalized spacial score (nSPS) is 17.7. The van der Waals surface area contributed by atoms with Crippen molar-refractivity contribution in [2.75, 3.05) is 6.54 Å². The van der Waals surface area contributed by atoms with E-state index in [1.165, 1.54) is 29.3 Å². The minimum atomic E-state index is -0.309. The van der Waals surface area contributed by atoms with E-state index in [0.717, 1.165) is 44.1 Å². The van der Waals surface area contributed by atoms with Gasteiger partial charge in [-0.2, -0.15) is 0 Å². The number of amides is 2. The molecule has 2 N–H and O–H groups in total. The third kappa shape index (κ3) is 5.18. The molecule has 4 rings (SSSR count). The molecule has 31 heavy (non-hydrogen) atoms. The third-order valence-electron chi connectivity index (χ3n) is 6.42. The van der Waals surface area contributed by atoms with Crippen LogP contribution in [-0.2, 0) is 16.8 Å². The van der Waals surface area contributed by atoms with Crippen LogP contribution in [0.3, 0.4) is 0 Å². The van der Waals surface area contributed by atoms with E-state index in [-0.39, 0.29) is 35.4 Å². The lowest BCUT2D eigenvalue weighted by atomic mass is 9.95. The summed E-state index contributed by atoms with van der Waals surface area (Å²) in [7, 11) is 0. The van der Waals surface area contributed by atoms with Crippen molar-refractivity contribution in [3.05, 3.63) is 69.1 Å². The van der Waals surface area contributed by atoms with Gasteiger partial charge in [-0.3, -0.25) is 14.4 Å². The summed E-state index contributed by atoms with van der Waals surface area (Å²) in [4.78, 5) is 37.4. The lowest BCUT2D eigenvalue weighted by Gasteiger charge is -2.22. The number of halogens is 1. The fraction of sp³-hybridized carbons (Fsp3) is 0.458. The summed E-state index contributed by atoms with van der Waals surface area (Å²) in [6.07, 6.45) is 8.84. The third-order valence-corrected chi connectivity index (χ3v) is 6.75. The summed E-state index contributed by atoms with van der Waals surface area (Å²) in [5.74, 6) is -0.457. The minimum absolute atomic E-state index is 0.123. The Balaban J connectivity index is 1.37. The van der Waals surface area contributed by atoms with Gasteiger partial charge >= 0.3 is 0 Å². The van der Waals surface area contributed by atoms with E-state index in [0.29, 0.717) is 17.1 Å². The molecule has 6 nitrogen and oxygen atoms in total. The molecule has 0 bridgehead atoms. The van der Waals surface area contributed by atoms with Gasteiger partial charge in [0.05, 0.1) is 5.56 Å². The van der Waals surface area contributed by atoms with E-state index >= 15 is 0 Å². The Morgan fingerprint density at radius 2 is 1.81 bits per heavy atom. The van der Waals surface area contributed by atoms with E-state index in [2.05, 4.69) is 10.6 Å². The van der Waals surface area contributed by atoms with Gasteiger partial charge in [0.1, 0.15) is 6.54 Å². The van der Waals surface area contributed by atoms with Crippen molar-refractivity contribution < 1.29 is 9.59 Å². The van der Waals surface area contributed by atoms with Crippen molar-refractivity contribution in [3.8, 4) is 0 Å².